The minimum Gasteiger partial charge on any atom is -0.383 e. The average molecular weight is 169 g/mol. The Morgan fingerprint density at radius 3 is 2.75 bits per heavy atom. The summed E-state index contributed by atoms with van der Waals surface area (Å²) >= 11 is 0. The van der Waals surface area contributed by atoms with Crippen LogP contribution in [0.25, 0.3) is 0 Å². The van der Waals surface area contributed by atoms with E-state index in [1.807, 2.05) is 12.2 Å². The maximum absolute atomic E-state index is 11.1. The summed E-state index contributed by atoms with van der Waals surface area (Å²) in [7, 11) is 0. The van der Waals surface area contributed by atoms with E-state index in [2.05, 4.69) is 5.32 Å². The van der Waals surface area contributed by atoms with Gasteiger partial charge < -0.3 is 10.4 Å². The summed E-state index contributed by atoms with van der Waals surface area (Å²) in [6.07, 6.45) is 5.51. The highest BCUT2D eigenvalue weighted by molar-refractivity contribution is 5.80. The number of aliphatic hydroxyl groups excluding tert-OH is 1. The maximum Gasteiger partial charge on any atom is 0.249 e. The van der Waals surface area contributed by atoms with E-state index in [1.165, 1.54) is 0 Å². The zero-order valence-electron chi connectivity index (χ0n) is 7.29. The second-order valence-electron chi connectivity index (χ2n) is 3.07. The molecule has 0 fully saturated rings. The van der Waals surface area contributed by atoms with Gasteiger partial charge in [-0.2, -0.15) is 0 Å². The van der Waals surface area contributed by atoms with Crippen LogP contribution in [0.4, 0.5) is 0 Å². The van der Waals surface area contributed by atoms with Gasteiger partial charge in [-0.05, 0) is 19.3 Å². The fraction of sp³-hybridized carbons (Fsp3) is 0.667. The van der Waals surface area contributed by atoms with Crippen molar-refractivity contribution in [3.8, 4) is 0 Å². The number of hydrogen-bond donors (Lipinski definition) is 2. The van der Waals surface area contributed by atoms with Crippen LogP contribution in [-0.2, 0) is 4.79 Å². The van der Waals surface area contributed by atoms with E-state index in [0.29, 0.717) is 6.42 Å². The quantitative estimate of drug-likeness (QED) is 0.607. The predicted molar refractivity (Wildman–Crippen MR) is 46.6 cm³/mol. The maximum atomic E-state index is 11.1. The molecule has 0 saturated carbocycles. The van der Waals surface area contributed by atoms with Crippen molar-refractivity contribution >= 4 is 5.91 Å². The molecule has 0 saturated heterocycles. The molecule has 1 unspecified atom stereocenters. The first-order valence-electron chi connectivity index (χ1n) is 4.37. The third kappa shape index (κ3) is 2.34. The van der Waals surface area contributed by atoms with Crippen molar-refractivity contribution in [3.63, 3.8) is 0 Å². The van der Waals surface area contributed by atoms with Gasteiger partial charge in [0, 0.05) is 6.04 Å². The van der Waals surface area contributed by atoms with Crippen molar-refractivity contribution in [2.75, 3.05) is 0 Å². The first-order valence-corrected chi connectivity index (χ1v) is 4.37. The Morgan fingerprint density at radius 1 is 1.67 bits per heavy atom. The molecule has 3 heteroatoms. The molecule has 2 N–H and O–H groups in total. The summed E-state index contributed by atoms with van der Waals surface area (Å²) in [5, 5.41) is 11.9. The molecule has 3 nitrogen and oxygen atoms in total. The molecular formula is C9H15NO2. The molecule has 0 spiro atoms. The number of amides is 1. The minimum absolute atomic E-state index is 0.207. The van der Waals surface area contributed by atoms with Gasteiger partial charge in [0.1, 0.15) is 6.10 Å². The van der Waals surface area contributed by atoms with Crippen molar-refractivity contribution in [2.24, 2.45) is 0 Å². The summed E-state index contributed by atoms with van der Waals surface area (Å²) in [6.45, 7) is 1.79. The smallest absolute Gasteiger partial charge is 0.249 e. The molecule has 0 radical (unpaired) electrons. The Hall–Kier alpha value is -0.830. The van der Waals surface area contributed by atoms with Crippen molar-refractivity contribution < 1.29 is 9.90 Å². The van der Waals surface area contributed by atoms with Crippen molar-refractivity contribution in [1.82, 2.24) is 5.32 Å². The van der Waals surface area contributed by atoms with Crippen molar-refractivity contribution in [3.05, 3.63) is 12.2 Å². The second kappa shape index (κ2) is 4.26. The van der Waals surface area contributed by atoms with Gasteiger partial charge in [-0.3, -0.25) is 4.79 Å². The Labute approximate surface area is 72.5 Å². The van der Waals surface area contributed by atoms with Crippen LogP contribution in [0.15, 0.2) is 12.2 Å². The first kappa shape index (κ1) is 9.26. The molecule has 68 valence electrons. The van der Waals surface area contributed by atoms with E-state index < -0.39 is 6.10 Å². The zero-order chi connectivity index (χ0) is 8.97. The summed E-state index contributed by atoms with van der Waals surface area (Å²) in [5.74, 6) is -0.244. The lowest BCUT2D eigenvalue weighted by Crippen LogP contribution is -2.39. The van der Waals surface area contributed by atoms with Crippen molar-refractivity contribution in [1.29, 1.82) is 0 Å². The van der Waals surface area contributed by atoms with Crippen LogP contribution in [0.2, 0.25) is 0 Å². The molecule has 1 aliphatic rings. The molecule has 0 heterocycles. The SMILES string of the molecule is CCC(O)C(=O)NC1CC=CC1. The number of rotatable bonds is 3. The third-order valence-electron chi connectivity index (χ3n) is 2.04. The highest BCUT2D eigenvalue weighted by atomic mass is 16.3. The largest absolute Gasteiger partial charge is 0.383 e. The minimum atomic E-state index is -0.842. The summed E-state index contributed by atoms with van der Waals surface area (Å²) in [4.78, 5) is 11.1. The van der Waals surface area contributed by atoms with E-state index in [0.717, 1.165) is 12.8 Å². The Balaban J connectivity index is 2.26. The standard InChI is InChI=1S/C9H15NO2/c1-2-8(11)9(12)10-7-5-3-4-6-7/h3-4,7-8,11H,2,5-6H2,1H3,(H,10,12). The van der Waals surface area contributed by atoms with Gasteiger partial charge >= 0.3 is 0 Å². The average Bonchev–Trinajstić information content (AvgIpc) is 2.55. The van der Waals surface area contributed by atoms with E-state index >= 15 is 0 Å². The lowest BCUT2D eigenvalue weighted by atomic mass is 10.2. The van der Waals surface area contributed by atoms with E-state index in [4.69, 9.17) is 5.11 Å². The van der Waals surface area contributed by atoms with Crippen molar-refractivity contribution in [2.45, 2.75) is 38.3 Å². The van der Waals surface area contributed by atoms with Gasteiger partial charge in [-0.1, -0.05) is 19.1 Å². The Kier molecular flexibility index (Phi) is 3.29. The van der Waals surface area contributed by atoms with Crippen LogP contribution in [-0.4, -0.2) is 23.2 Å². The molecule has 0 aromatic rings. The molecular weight excluding hydrogens is 154 g/mol. The molecule has 0 aromatic heterocycles. The highest BCUT2D eigenvalue weighted by Crippen LogP contribution is 2.09. The van der Waals surface area contributed by atoms with E-state index in [1.54, 1.807) is 6.92 Å². The highest BCUT2D eigenvalue weighted by Gasteiger charge is 2.17. The lowest BCUT2D eigenvalue weighted by Gasteiger charge is -2.14. The first-order chi connectivity index (χ1) is 5.74. The topological polar surface area (TPSA) is 49.3 Å². The molecule has 0 aromatic carbocycles. The van der Waals surface area contributed by atoms with Crippen LogP contribution >= 0.6 is 0 Å². The van der Waals surface area contributed by atoms with Crippen LogP contribution in [0.1, 0.15) is 26.2 Å². The number of carbonyl (C=O) groups excluding carboxylic acids is 1. The lowest BCUT2D eigenvalue weighted by molar-refractivity contribution is -0.130. The molecule has 1 rings (SSSR count). The number of nitrogens with one attached hydrogen (secondary N) is 1. The monoisotopic (exact) mass is 169 g/mol. The van der Waals surface area contributed by atoms with Gasteiger partial charge in [-0.25, -0.2) is 0 Å². The van der Waals surface area contributed by atoms with Gasteiger partial charge in [0.2, 0.25) is 5.91 Å². The van der Waals surface area contributed by atoms with E-state index in [9.17, 15) is 4.79 Å². The summed E-state index contributed by atoms with van der Waals surface area (Å²) in [6, 6.07) is 0.207. The predicted octanol–water partition coefficient (Wildman–Crippen LogP) is 0.592. The normalized spacial score (nSPS) is 19.5. The number of aliphatic hydroxyl groups is 1. The number of hydrogen-bond acceptors (Lipinski definition) is 2. The molecule has 1 amide bonds. The zero-order valence-corrected chi connectivity index (χ0v) is 7.29. The molecule has 1 atom stereocenters. The van der Waals surface area contributed by atoms with Crippen LogP contribution in [0, 0.1) is 0 Å². The molecule has 0 bridgehead atoms. The van der Waals surface area contributed by atoms with Gasteiger partial charge in [0.05, 0.1) is 0 Å². The molecule has 1 aliphatic carbocycles. The van der Waals surface area contributed by atoms with Crippen LogP contribution in [0.5, 0.6) is 0 Å². The van der Waals surface area contributed by atoms with E-state index in [-0.39, 0.29) is 11.9 Å². The fourth-order valence-corrected chi connectivity index (χ4v) is 1.22. The fourth-order valence-electron chi connectivity index (χ4n) is 1.22. The van der Waals surface area contributed by atoms with Gasteiger partial charge in [-0.15, -0.1) is 0 Å². The molecule has 0 aliphatic heterocycles. The summed E-state index contributed by atoms with van der Waals surface area (Å²) < 4.78 is 0. The number of carbonyl (C=O) groups is 1. The van der Waals surface area contributed by atoms with Gasteiger partial charge in [0.15, 0.2) is 0 Å². The Morgan fingerprint density at radius 2 is 2.25 bits per heavy atom. The third-order valence-corrected chi connectivity index (χ3v) is 2.04. The molecule has 12 heavy (non-hydrogen) atoms. The van der Waals surface area contributed by atoms with Gasteiger partial charge in [0.25, 0.3) is 0 Å². The summed E-state index contributed by atoms with van der Waals surface area (Å²) in [5.41, 5.74) is 0. The van der Waals surface area contributed by atoms with Crippen LogP contribution in [0.3, 0.4) is 0 Å². The second-order valence-corrected chi connectivity index (χ2v) is 3.07. The van der Waals surface area contributed by atoms with Crippen LogP contribution < -0.4 is 5.32 Å². The Bertz CT molecular complexity index is 181.